The van der Waals surface area contributed by atoms with Crippen LogP contribution in [0, 0.1) is 0 Å². The van der Waals surface area contributed by atoms with Crippen LogP contribution in [-0.4, -0.2) is 43.5 Å². The molecule has 9 nitrogen and oxygen atoms in total. The molecule has 31 heavy (non-hydrogen) atoms. The average molecular weight is 445 g/mol. The van der Waals surface area contributed by atoms with Gasteiger partial charge in [-0.2, -0.15) is 0 Å². The van der Waals surface area contributed by atoms with Crippen LogP contribution in [0.1, 0.15) is 25.3 Å². The van der Waals surface area contributed by atoms with Gasteiger partial charge in [0.05, 0.1) is 23.7 Å². The number of hydrogen-bond acceptors (Lipinski definition) is 8. The molecule has 0 saturated heterocycles. The number of aromatic nitrogens is 2. The highest BCUT2D eigenvalue weighted by Gasteiger charge is 2.19. The van der Waals surface area contributed by atoms with Crippen LogP contribution in [0.5, 0.6) is 11.5 Å². The zero-order valence-electron chi connectivity index (χ0n) is 17.4. The van der Waals surface area contributed by atoms with E-state index in [0.717, 1.165) is 5.56 Å². The Morgan fingerprint density at radius 1 is 1.10 bits per heavy atom. The van der Waals surface area contributed by atoms with E-state index in [1.165, 1.54) is 0 Å². The summed E-state index contributed by atoms with van der Waals surface area (Å²) in [5, 5.41) is 9.67. The number of benzene rings is 2. The molecule has 1 N–H and O–H groups in total. The smallest absolute Gasteiger partial charge is 0.322 e. The van der Waals surface area contributed by atoms with Gasteiger partial charge in [-0.05, 0) is 43.7 Å². The Morgan fingerprint density at radius 3 is 2.48 bits per heavy atom. The van der Waals surface area contributed by atoms with Crippen LogP contribution < -0.4 is 14.8 Å². The summed E-state index contributed by atoms with van der Waals surface area (Å²) in [7, 11) is -1.78. The van der Waals surface area contributed by atoms with E-state index in [4.69, 9.17) is 13.9 Å². The van der Waals surface area contributed by atoms with Gasteiger partial charge in [0, 0.05) is 6.07 Å². The molecular weight excluding hydrogens is 422 g/mol. The molecule has 0 radical (unpaired) electrons. The van der Waals surface area contributed by atoms with Crippen molar-refractivity contribution in [1.82, 2.24) is 10.2 Å². The second kappa shape index (κ2) is 9.61. The molecule has 0 bridgehead atoms. The van der Waals surface area contributed by atoms with Crippen molar-refractivity contribution in [2.24, 2.45) is 0 Å². The highest BCUT2D eigenvalue weighted by Crippen LogP contribution is 2.20. The molecule has 3 rings (SSSR count). The number of methoxy groups -OCH3 is 1. The van der Waals surface area contributed by atoms with Crippen LogP contribution >= 0.6 is 0 Å². The molecule has 0 aliphatic rings. The van der Waals surface area contributed by atoms with Crippen molar-refractivity contribution >= 4 is 21.8 Å². The lowest BCUT2D eigenvalue weighted by Gasteiger charge is -2.08. The normalized spacial score (nSPS) is 11.4. The first-order valence-corrected chi connectivity index (χ1v) is 11.0. The van der Waals surface area contributed by atoms with Crippen LogP contribution in [0.25, 0.3) is 0 Å². The Hall–Kier alpha value is -3.40. The standard InChI is InChI=1S/C21H23N3O6S/c1-14(2)31(26,27)18-9-7-15(8-10-18)11-20-23-24-21(30-20)22-19(25)13-29-17-6-4-5-16(12-17)28-3/h4-10,12,14H,11,13H2,1-3H3,(H,22,24,25). The van der Waals surface area contributed by atoms with Crippen molar-refractivity contribution < 1.29 is 27.1 Å². The maximum Gasteiger partial charge on any atom is 0.322 e. The van der Waals surface area contributed by atoms with Gasteiger partial charge in [0.25, 0.3) is 5.91 Å². The molecule has 1 aromatic heterocycles. The first-order chi connectivity index (χ1) is 14.8. The van der Waals surface area contributed by atoms with E-state index in [9.17, 15) is 13.2 Å². The van der Waals surface area contributed by atoms with Gasteiger partial charge in [-0.25, -0.2) is 8.42 Å². The van der Waals surface area contributed by atoms with Gasteiger partial charge >= 0.3 is 6.01 Å². The number of amides is 1. The number of ether oxygens (including phenoxy) is 2. The quantitative estimate of drug-likeness (QED) is 0.534. The summed E-state index contributed by atoms with van der Waals surface area (Å²) in [6.07, 6.45) is 0.297. The molecule has 0 fully saturated rings. The number of hydrogen-bond donors (Lipinski definition) is 1. The van der Waals surface area contributed by atoms with Crippen molar-refractivity contribution in [3.8, 4) is 11.5 Å². The molecule has 0 saturated carbocycles. The molecule has 0 unspecified atom stereocenters. The maximum absolute atomic E-state index is 12.2. The van der Waals surface area contributed by atoms with Gasteiger partial charge in [-0.1, -0.05) is 23.3 Å². The lowest BCUT2D eigenvalue weighted by molar-refractivity contribution is -0.118. The number of carbonyl (C=O) groups excluding carboxylic acids is 1. The second-order valence-electron chi connectivity index (χ2n) is 6.93. The van der Waals surface area contributed by atoms with E-state index in [2.05, 4.69) is 15.5 Å². The lowest BCUT2D eigenvalue weighted by Crippen LogP contribution is -2.20. The first kappa shape index (κ1) is 22.3. The van der Waals surface area contributed by atoms with E-state index in [-0.39, 0.29) is 23.4 Å². The van der Waals surface area contributed by atoms with Gasteiger partial charge in [-0.15, -0.1) is 5.10 Å². The third-order valence-electron chi connectivity index (χ3n) is 4.35. The summed E-state index contributed by atoms with van der Waals surface area (Å²) >= 11 is 0. The third kappa shape index (κ3) is 5.82. The first-order valence-electron chi connectivity index (χ1n) is 9.50. The Labute approximate surface area is 180 Å². The highest BCUT2D eigenvalue weighted by molar-refractivity contribution is 7.92. The van der Waals surface area contributed by atoms with E-state index in [1.54, 1.807) is 69.5 Å². The van der Waals surface area contributed by atoms with Gasteiger partial charge in [0.1, 0.15) is 11.5 Å². The van der Waals surface area contributed by atoms with Gasteiger partial charge in [-0.3, -0.25) is 10.1 Å². The van der Waals surface area contributed by atoms with Crippen LogP contribution in [0.3, 0.4) is 0 Å². The van der Waals surface area contributed by atoms with Crippen LogP contribution in [-0.2, 0) is 21.1 Å². The molecule has 3 aromatic rings. The SMILES string of the molecule is COc1cccc(OCC(=O)Nc2nnc(Cc3ccc(S(=O)(=O)C(C)C)cc3)o2)c1. The van der Waals surface area contributed by atoms with Crippen molar-refractivity contribution in [1.29, 1.82) is 0 Å². The molecule has 0 aliphatic heterocycles. The van der Waals surface area contributed by atoms with Crippen molar-refractivity contribution in [2.75, 3.05) is 19.0 Å². The largest absolute Gasteiger partial charge is 0.497 e. The van der Waals surface area contributed by atoms with Crippen LogP contribution in [0.4, 0.5) is 6.01 Å². The zero-order chi connectivity index (χ0) is 22.4. The Balaban J connectivity index is 1.54. The summed E-state index contributed by atoms with van der Waals surface area (Å²) in [6, 6.07) is 13.3. The molecule has 10 heteroatoms. The van der Waals surface area contributed by atoms with Gasteiger partial charge in [0.15, 0.2) is 16.4 Å². The fraction of sp³-hybridized carbons (Fsp3) is 0.286. The number of carbonyl (C=O) groups is 1. The fourth-order valence-electron chi connectivity index (χ4n) is 2.61. The average Bonchev–Trinajstić information content (AvgIpc) is 3.19. The maximum atomic E-state index is 12.2. The minimum Gasteiger partial charge on any atom is -0.497 e. The summed E-state index contributed by atoms with van der Waals surface area (Å²) in [4.78, 5) is 12.3. The number of sulfone groups is 1. The number of rotatable bonds is 9. The molecular formula is C21H23N3O6S. The Kier molecular flexibility index (Phi) is 6.91. The van der Waals surface area contributed by atoms with Crippen molar-refractivity contribution in [2.45, 2.75) is 30.4 Å². The van der Waals surface area contributed by atoms with Crippen LogP contribution in [0.15, 0.2) is 57.8 Å². The molecule has 1 heterocycles. The minimum absolute atomic E-state index is 0.0479. The van der Waals surface area contributed by atoms with Crippen LogP contribution in [0.2, 0.25) is 0 Å². The molecule has 2 aromatic carbocycles. The molecule has 0 atom stereocenters. The molecule has 0 aliphatic carbocycles. The van der Waals surface area contributed by atoms with Crippen molar-refractivity contribution in [3.63, 3.8) is 0 Å². The summed E-state index contributed by atoms with van der Waals surface area (Å²) in [5.41, 5.74) is 0.797. The molecule has 164 valence electrons. The van der Waals surface area contributed by atoms with E-state index < -0.39 is 21.0 Å². The van der Waals surface area contributed by atoms with Crippen molar-refractivity contribution in [3.05, 3.63) is 60.0 Å². The third-order valence-corrected chi connectivity index (χ3v) is 6.52. The summed E-state index contributed by atoms with van der Waals surface area (Å²) in [6.45, 7) is 3.04. The summed E-state index contributed by atoms with van der Waals surface area (Å²) in [5.74, 6) is 0.933. The van der Waals surface area contributed by atoms with E-state index in [1.807, 2.05) is 0 Å². The predicted molar refractivity (Wildman–Crippen MR) is 113 cm³/mol. The zero-order valence-corrected chi connectivity index (χ0v) is 18.2. The predicted octanol–water partition coefficient (Wildman–Crippen LogP) is 2.87. The lowest BCUT2D eigenvalue weighted by atomic mass is 10.1. The monoisotopic (exact) mass is 445 g/mol. The number of nitrogens with zero attached hydrogens (tertiary/aromatic N) is 2. The minimum atomic E-state index is -3.32. The highest BCUT2D eigenvalue weighted by atomic mass is 32.2. The Morgan fingerprint density at radius 2 is 1.81 bits per heavy atom. The van der Waals surface area contributed by atoms with Gasteiger partial charge in [0.2, 0.25) is 5.89 Å². The van der Waals surface area contributed by atoms with E-state index >= 15 is 0 Å². The number of anilines is 1. The topological polar surface area (TPSA) is 121 Å². The molecule has 0 spiro atoms. The number of nitrogens with one attached hydrogen (secondary N) is 1. The van der Waals surface area contributed by atoms with Gasteiger partial charge < -0.3 is 13.9 Å². The molecule has 1 amide bonds. The Bertz CT molecular complexity index is 1140. The fourth-order valence-corrected chi connectivity index (χ4v) is 3.67. The second-order valence-corrected chi connectivity index (χ2v) is 9.44. The van der Waals surface area contributed by atoms with E-state index in [0.29, 0.717) is 17.9 Å². The summed E-state index contributed by atoms with van der Waals surface area (Å²) < 4.78 is 40.3.